The second kappa shape index (κ2) is 8.68. The fourth-order valence-corrected chi connectivity index (χ4v) is 3.27. The summed E-state index contributed by atoms with van der Waals surface area (Å²) in [7, 11) is 3.01. The number of hydrogen-bond acceptors (Lipinski definition) is 4. The van der Waals surface area contributed by atoms with Crippen molar-refractivity contribution in [3.05, 3.63) is 0 Å². The molecule has 2 atom stereocenters. The lowest BCUT2D eigenvalue weighted by atomic mass is 9.90. The largest absolute Gasteiger partial charge is 0.467 e. The van der Waals surface area contributed by atoms with Gasteiger partial charge in [0.2, 0.25) is 11.8 Å². The third-order valence-electron chi connectivity index (χ3n) is 4.68. The SMILES string of the molecule is COC(=O)[C@H](CC(C)C)N(C)C(=O)[C@H]1CCCN(C(=O)C(C)(C)C)C1. The molecule has 0 aromatic rings. The highest BCUT2D eigenvalue weighted by molar-refractivity contribution is 5.87. The lowest BCUT2D eigenvalue weighted by molar-refractivity contribution is -0.155. The molecule has 6 heteroatoms. The van der Waals surface area contributed by atoms with Gasteiger partial charge in [0.15, 0.2) is 0 Å². The monoisotopic (exact) mass is 354 g/mol. The molecule has 0 aliphatic carbocycles. The number of esters is 1. The van der Waals surface area contributed by atoms with Crippen molar-refractivity contribution in [2.24, 2.45) is 17.3 Å². The van der Waals surface area contributed by atoms with Crippen LogP contribution in [-0.4, -0.2) is 60.9 Å². The lowest BCUT2D eigenvalue weighted by Gasteiger charge is -2.38. The van der Waals surface area contributed by atoms with E-state index in [2.05, 4.69) is 0 Å². The summed E-state index contributed by atoms with van der Waals surface area (Å²) in [5.74, 6) is -0.390. The van der Waals surface area contributed by atoms with Crippen molar-refractivity contribution in [3.63, 3.8) is 0 Å². The van der Waals surface area contributed by atoms with Crippen molar-refractivity contribution in [2.75, 3.05) is 27.2 Å². The first-order valence-corrected chi connectivity index (χ1v) is 9.12. The maximum absolute atomic E-state index is 12.9. The topological polar surface area (TPSA) is 66.9 Å². The minimum absolute atomic E-state index is 0.0688. The van der Waals surface area contributed by atoms with Gasteiger partial charge in [-0.2, -0.15) is 0 Å². The summed E-state index contributed by atoms with van der Waals surface area (Å²) < 4.78 is 4.88. The smallest absolute Gasteiger partial charge is 0.328 e. The minimum atomic E-state index is -0.578. The third-order valence-corrected chi connectivity index (χ3v) is 4.68. The molecule has 0 saturated carbocycles. The van der Waals surface area contributed by atoms with E-state index in [9.17, 15) is 14.4 Å². The average Bonchev–Trinajstić information content (AvgIpc) is 2.56. The summed E-state index contributed by atoms with van der Waals surface area (Å²) >= 11 is 0. The molecule has 0 aromatic heterocycles. The summed E-state index contributed by atoms with van der Waals surface area (Å²) in [6.45, 7) is 10.8. The molecule has 1 aliphatic heterocycles. The zero-order valence-corrected chi connectivity index (χ0v) is 16.8. The standard InChI is InChI=1S/C19H34N2O4/c1-13(2)11-15(17(23)25-7)20(6)16(22)14-9-8-10-21(12-14)18(24)19(3,4)5/h13-15H,8-12H2,1-7H3/t14-,15-/m0/s1. The van der Waals surface area contributed by atoms with Crippen LogP contribution < -0.4 is 0 Å². The van der Waals surface area contributed by atoms with Crippen LogP contribution in [-0.2, 0) is 19.1 Å². The van der Waals surface area contributed by atoms with E-state index < -0.39 is 11.5 Å². The number of methoxy groups -OCH3 is 1. The molecule has 1 saturated heterocycles. The molecular weight excluding hydrogens is 320 g/mol. The Kier molecular flexibility index (Phi) is 7.44. The van der Waals surface area contributed by atoms with Crippen molar-refractivity contribution in [3.8, 4) is 0 Å². The van der Waals surface area contributed by atoms with Gasteiger partial charge in [-0.25, -0.2) is 4.79 Å². The second-order valence-electron chi connectivity index (χ2n) is 8.46. The van der Waals surface area contributed by atoms with Gasteiger partial charge in [0.05, 0.1) is 13.0 Å². The van der Waals surface area contributed by atoms with E-state index in [0.29, 0.717) is 19.5 Å². The Morgan fingerprint density at radius 1 is 1.24 bits per heavy atom. The first-order chi connectivity index (χ1) is 11.5. The molecule has 1 rings (SSSR count). The van der Waals surface area contributed by atoms with E-state index in [-0.39, 0.29) is 29.6 Å². The molecule has 0 unspecified atom stereocenters. The number of piperidine rings is 1. The normalized spacial score (nSPS) is 19.5. The van der Waals surface area contributed by atoms with Crippen LogP contribution in [0, 0.1) is 17.3 Å². The van der Waals surface area contributed by atoms with E-state index in [1.807, 2.05) is 34.6 Å². The number of likely N-dealkylation sites (tertiary alicyclic amines) is 1. The van der Waals surface area contributed by atoms with Crippen molar-refractivity contribution >= 4 is 17.8 Å². The molecule has 0 N–H and O–H groups in total. The van der Waals surface area contributed by atoms with Crippen molar-refractivity contribution < 1.29 is 19.1 Å². The van der Waals surface area contributed by atoms with Gasteiger partial charge in [-0.3, -0.25) is 9.59 Å². The Hall–Kier alpha value is -1.59. The Morgan fingerprint density at radius 3 is 2.32 bits per heavy atom. The van der Waals surface area contributed by atoms with Crippen LogP contribution in [0.1, 0.15) is 53.9 Å². The van der Waals surface area contributed by atoms with Gasteiger partial charge >= 0.3 is 5.97 Å². The summed E-state index contributed by atoms with van der Waals surface area (Å²) in [6.07, 6.45) is 2.11. The van der Waals surface area contributed by atoms with Gasteiger partial charge < -0.3 is 14.5 Å². The van der Waals surface area contributed by atoms with Crippen LogP contribution in [0.2, 0.25) is 0 Å². The summed E-state index contributed by atoms with van der Waals surface area (Å²) in [5.41, 5.74) is -0.455. The number of carbonyl (C=O) groups is 3. The van der Waals surface area contributed by atoms with Crippen molar-refractivity contribution in [2.45, 2.75) is 59.9 Å². The maximum Gasteiger partial charge on any atom is 0.328 e. The molecule has 0 bridgehead atoms. The number of amides is 2. The van der Waals surface area contributed by atoms with Gasteiger partial charge in [-0.15, -0.1) is 0 Å². The van der Waals surface area contributed by atoms with Crippen LogP contribution in [0.25, 0.3) is 0 Å². The van der Waals surface area contributed by atoms with Crippen LogP contribution >= 0.6 is 0 Å². The van der Waals surface area contributed by atoms with Crippen LogP contribution in [0.3, 0.4) is 0 Å². The van der Waals surface area contributed by atoms with Gasteiger partial charge in [0.25, 0.3) is 0 Å². The quantitative estimate of drug-likeness (QED) is 0.711. The summed E-state index contributed by atoms with van der Waals surface area (Å²) in [5, 5.41) is 0. The van der Waals surface area contributed by atoms with E-state index in [1.165, 1.54) is 12.0 Å². The maximum atomic E-state index is 12.9. The van der Waals surface area contributed by atoms with Gasteiger partial charge in [0.1, 0.15) is 6.04 Å². The summed E-state index contributed by atoms with van der Waals surface area (Å²) in [6, 6.07) is -0.578. The van der Waals surface area contributed by atoms with E-state index in [4.69, 9.17) is 4.74 Å². The lowest BCUT2D eigenvalue weighted by Crippen LogP contribution is -2.52. The first kappa shape index (κ1) is 21.5. The van der Waals surface area contributed by atoms with Crippen LogP contribution in [0.5, 0.6) is 0 Å². The molecule has 0 aromatic carbocycles. The molecule has 1 heterocycles. The molecule has 0 spiro atoms. The average molecular weight is 354 g/mol. The Balaban J connectivity index is 2.85. The number of rotatable bonds is 5. The van der Waals surface area contributed by atoms with Gasteiger partial charge in [-0.05, 0) is 25.2 Å². The van der Waals surface area contributed by atoms with Crippen molar-refractivity contribution in [1.29, 1.82) is 0 Å². The van der Waals surface area contributed by atoms with Gasteiger partial charge in [-0.1, -0.05) is 34.6 Å². The molecule has 0 radical (unpaired) electrons. The predicted octanol–water partition coefficient (Wildman–Crippen LogP) is 2.32. The second-order valence-corrected chi connectivity index (χ2v) is 8.46. The number of carbonyl (C=O) groups excluding carboxylic acids is 3. The Morgan fingerprint density at radius 2 is 1.84 bits per heavy atom. The number of hydrogen-bond donors (Lipinski definition) is 0. The highest BCUT2D eigenvalue weighted by Crippen LogP contribution is 2.25. The number of likely N-dealkylation sites (N-methyl/N-ethyl adjacent to an activating group) is 1. The minimum Gasteiger partial charge on any atom is -0.467 e. The van der Waals surface area contributed by atoms with E-state index in [0.717, 1.165) is 12.8 Å². The molecule has 25 heavy (non-hydrogen) atoms. The molecule has 6 nitrogen and oxygen atoms in total. The van der Waals surface area contributed by atoms with Crippen LogP contribution in [0.4, 0.5) is 0 Å². The predicted molar refractivity (Wildman–Crippen MR) is 96.8 cm³/mol. The fraction of sp³-hybridized carbons (Fsp3) is 0.842. The van der Waals surface area contributed by atoms with Crippen molar-refractivity contribution in [1.82, 2.24) is 9.80 Å². The zero-order chi connectivity index (χ0) is 19.4. The van der Waals surface area contributed by atoms with Crippen LogP contribution in [0.15, 0.2) is 0 Å². The molecule has 1 fully saturated rings. The molecule has 2 amide bonds. The first-order valence-electron chi connectivity index (χ1n) is 9.12. The Labute approximate surface area is 151 Å². The number of nitrogens with zero attached hydrogens (tertiary/aromatic N) is 2. The fourth-order valence-electron chi connectivity index (χ4n) is 3.27. The zero-order valence-electron chi connectivity index (χ0n) is 16.8. The highest BCUT2D eigenvalue weighted by atomic mass is 16.5. The van der Waals surface area contributed by atoms with Gasteiger partial charge in [0, 0.05) is 25.6 Å². The molecule has 144 valence electrons. The summed E-state index contributed by atoms with van der Waals surface area (Å²) in [4.78, 5) is 40.9. The number of ether oxygens (including phenoxy) is 1. The van der Waals surface area contributed by atoms with E-state index in [1.54, 1.807) is 11.9 Å². The molecule has 1 aliphatic rings. The van der Waals surface area contributed by atoms with E-state index >= 15 is 0 Å². The highest BCUT2D eigenvalue weighted by Gasteiger charge is 2.37. The molecular formula is C19H34N2O4. The Bertz CT molecular complexity index is 496. The third kappa shape index (κ3) is 5.72.